The smallest absolute Gasteiger partial charge is 0.160 e. The van der Waals surface area contributed by atoms with Crippen LogP contribution in [-0.4, -0.2) is 15.0 Å². The van der Waals surface area contributed by atoms with Gasteiger partial charge in [-0.3, -0.25) is 4.98 Å². The van der Waals surface area contributed by atoms with Crippen LogP contribution in [0.4, 0.5) is 0 Å². The number of rotatable bonds is 6. The van der Waals surface area contributed by atoms with Crippen LogP contribution in [0.15, 0.2) is 170 Å². The van der Waals surface area contributed by atoms with E-state index >= 15 is 0 Å². The van der Waals surface area contributed by atoms with E-state index in [1.807, 2.05) is 72.9 Å². The van der Waals surface area contributed by atoms with Crippen LogP contribution in [0.25, 0.3) is 87.5 Å². The molecule has 0 aliphatic heterocycles. The first-order valence-electron chi connectivity index (χ1n) is 16.7. The number of fused-ring (bicyclic) bond motifs is 3. The lowest BCUT2D eigenvalue weighted by Gasteiger charge is -2.12. The van der Waals surface area contributed by atoms with Gasteiger partial charge in [0, 0.05) is 54.8 Å². The normalized spacial score (nSPS) is 11.1. The summed E-state index contributed by atoms with van der Waals surface area (Å²) in [5, 5.41) is 11.8. The van der Waals surface area contributed by atoms with E-state index in [1.165, 1.54) is 15.5 Å². The molecule has 0 spiro atoms. The second-order valence-corrected chi connectivity index (χ2v) is 13.5. The Labute approximate surface area is 299 Å². The Morgan fingerprint density at radius 3 is 1.65 bits per heavy atom. The van der Waals surface area contributed by atoms with E-state index in [0.29, 0.717) is 11.4 Å². The molecule has 0 aliphatic carbocycles. The zero-order valence-corrected chi connectivity index (χ0v) is 28.2. The van der Waals surface area contributed by atoms with Gasteiger partial charge in [-0.15, -0.1) is 11.3 Å². The third-order valence-corrected chi connectivity index (χ3v) is 10.3. The molecule has 0 bridgehead atoms. The van der Waals surface area contributed by atoms with Gasteiger partial charge in [-0.1, -0.05) is 109 Å². The predicted octanol–water partition coefficient (Wildman–Crippen LogP) is 12.1. The van der Waals surface area contributed by atoms with Crippen molar-refractivity contribution in [1.82, 2.24) is 15.0 Å². The summed E-state index contributed by atoms with van der Waals surface area (Å²) >= 11 is 1.73. The summed E-state index contributed by atoms with van der Waals surface area (Å²) in [5.41, 5.74) is 12.2. The molecule has 3 aromatic heterocycles. The second kappa shape index (κ2) is 12.9. The molecule has 0 aliphatic rings. The molecule has 3 heterocycles. The largest absolute Gasteiger partial charge is 0.264 e. The van der Waals surface area contributed by atoms with Gasteiger partial charge in [-0.05, 0) is 76.3 Å². The minimum atomic E-state index is 0.682. The number of nitrogens with zero attached hydrogens (tertiary/aromatic N) is 4. The molecule has 238 valence electrons. The van der Waals surface area contributed by atoms with Gasteiger partial charge in [0.1, 0.15) is 0 Å². The average molecular weight is 669 g/mol. The Morgan fingerprint density at radius 1 is 0.431 bits per heavy atom. The first-order valence-corrected chi connectivity index (χ1v) is 17.5. The lowest BCUT2D eigenvalue weighted by molar-refractivity contribution is 1.18. The highest BCUT2D eigenvalue weighted by molar-refractivity contribution is 7.25. The molecule has 0 N–H and O–H groups in total. The molecule has 6 aromatic carbocycles. The summed E-state index contributed by atoms with van der Waals surface area (Å²) in [6, 6.07) is 56.8. The Kier molecular flexibility index (Phi) is 7.70. The molecule has 5 heteroatoms. The van der Waals surface area contributed by atoms with Crippen LogP contribution in [0.2, 0.25) is 0 Å². The van der Waals surface area contributed by atoms with E-state index in [9.17, 15) is 5.26 Å². The van der Waals surface area contributed by atoms with Crippen molar-refractivity contribution in [2.75, 3.05) is 0 Å². The lowest BCUT2D eigenvalue weighted by atomic mass is 9.93. The van der Waals surface area contributed by atoms with Crippen LogP contribution in [0.3, 0.4) is 0 Å². The van der Waals surface area contributed by atoms with Crippen LogP contribution in [-0.2, 0) is 0 Å². The third kappa shape index (κ3) is 5.95. The van der Waals surface area contributed by atoms with Gasteiger partial charge >= 0.3 is 0 Å². The number of hydrogen-bond donors (Lipinski definition) is 0. The number of hydrogen-bond acceptors (Lipinski definition) is 5. The number of aromatic nitrogens is 3. The Hall–Kier alpha value is -6.74. The highest BCUT2D eigenvalue weighted by Crippen LogP contribution is 2.39. The third-order valence-electron chi connectivity index (χ3n) is 9.21. The molecule has 0 unspecified atom stereocenters. The molecule has 0 amide bonds. The minimum absolute atomic E-state index is 0.682. The van der Waals surface area contributed by atoms with Crippen LogP contribution in [0, 0.1) is 11.3 Å². The maximum Gasteiger partial charge on any atom is 0.160 e. The average Bonchev–Trinajstić information content (AvgIpc) is 3.58. The summed E-state index contributed by atoms with van der Waals surface area (Å²) in [7, 11) is 0. The van der Waals surface area contributed by atoms with E-state index < -0.39 is 0 Å². The number of thiophene rings is 1. The van der Waals surface area contributed by atoms with Gasteiger partial charge in [0.2, 0.25) is 0 Å². The van der Waals surface area contributed by atoms with Gasteiger partial charge < -0.3 is 0 Å². The van der Waals surface area contributed by atoms with Crippen molar-refractivity contribution < 1.29 is 0 Å². The standard InChI is InChI=1S/C46H28N4S/c47-28-30-13-19-40-41-20-18-35(26-45(41)51-44(40)22-30)38-23-37(24-39(25-38)36-12-7-21-48-29-36)31-14-16-33(17-15-31)43-27-42(32-8-3-1-4-9-32)49-46(50-43)34-10-5-2-6-11-34/h1-27,29H. The number of nitriles is 1. The zero-order chi connectivity index (χ0) is 34.1. The fourth-order valence-corrected chi connectivity index (χ4v) is 7.77. The van der Waals surface area contributed by atoms with Gasteiger partial charge in [0.05, 0.1) is 23.0 Å². The topological polar surface area (TPSA) is 62.5 Å². The van der Waals surface area contributed by atoms with Crippen molar-refractivity contribution in [3.63, 3.8) is 0 Å². The van der Waals surface area contributed by atoms with E-state index in [-0.39, 0.29) is 0 Å². The van der Waals surface area contributed by atoms with Crippen LogP contribution in [0.1, 0.15) is 5.56 Å². The Morgan fingerprint density at radius 2 is 0.980 bits per heavy atom. The van der Waals surface area contributed by atoms with Crippen molar-refractivity contribution >= 4 is 31.5 Å². The highest BCUT2D eigenvalue weighted by Gasteiger charge is 2.13. The maximum atomic E-state index is 9.43. The molecule has 4 nitrogen and oxygen atoms in total. The molecule has 0 saturated carbocycles. The molecule has 9 rings (SSSR count). The van der Waals surface area contributed by atoms with Gasteiger partial charge in [0.15, 0.2) is 5.82 Å². The molecule has 9 aromatic rings. The number of benzene rings is 6. The molecule has 0 atom stereocenters. The highest BCUT2D eigenvalue weighted by atomic mass is 32.1. The SMILES string of the molecule is N#Cc1ccc2c(c1)sc1cc(-c3cc(-c4ccc(-c5cc(-c6ccccc6)nc(-c6ccccc6)n5)cc4)cc(-c4cccnc4)c3)ccc12. The summed E-state index contributed by atoms with van der Waals surface area (Å²) in [6.45, 7) is 0. The fraction of sp³-hybridized carbons (Fsp3) is 0. The van der Waals surface area contributed by atoms with Crippen molar-refractivity contribution in [3.8, 4) is 73.4 Å². The first kappa shape index (κ1) is 30.3. The van der Waals surface area contributed by atoms with E-state index in [2.05, 4.69) is 102 Å². The Balaban J connectivity index is 1.13. The lowest BCUT2D eigenvalue weighted by Crippen LogP contribution is -1.95. The summed E-state index contributed by atoms with van der Waals surface area (Å²) in [6.07, 6.45) is 3.72. The maximum absolute atomic E-state index is 9.43. The van der Waals surface area contributed by atoms with E-state index in [0.717, 1.165) is 66.2 Å². The van der Waals surface area contributed by atoms with Gasteiger partial charge in [-0.2, -0.15) is 5.26 Å². The van der Waals surface area contributed by atoms with Crippen molar-refractivity contribution in [1.29, 1.82) is 5.26 Å². The minimum Gasteiger partial charge on any atom is -0.264 e. The number of pyridine rings is 1. The Bertz CT molecular complexity index is 2670. The molecule has 51 heavy (non-hydrogen) atoms. The van der Waals surface area contributed by atoms with Crippen LogP contribution < -0.4 is 0 Å². The van der Waals surface area contributed by atoms with Gasteiger partial charge in [-0.25, -0.2) is 9.97 Å². The quantitative estimate of drug-likeness (QED) is 0.177. The monoisotopic (exact) mass is 668 g/mol. The second-order valence-electron chi connectivity index (χ2n) is 12.4. The zero-order valence-electron chi connectivity index (χ0n) is 27.4. The van der Waals surface area contributed by atoms with Crippen molar-refractivity contribution in [3.05, 3.63) is 176 Å². The van der Waals surface area contributed by atoms with Crippen LogP contribution >= 0.6 is 11.3 Å². The summed E-state index contributed by atoms with van der Waals surface area (Å²) < 4.78 is 2.33. The molecule has 0 saturated heterocycles. The van der Waals surface area contributed by atoms with E-state index in [4.69, 9.17) is 9.97 Å². The summed E-state index contributed by atoms with van der Waals surface area (Å²) in [5.74, 6) is 0.700. The van der Waals surface area contributed by atoms with Crippen LogP contribution in [0.5, 0.6) is 0 Å². The van der Waals surface area contributed by atoms with E-state index in [1.54, 1.807) is 17.5 Å². The fourth-order valence-electron chi connectivity index (χ4n) is 6.59. The molecular formula is C46H28N4S. The molecule has 0 radical (unpaired) electrons. The predicted molar refractivity (Wildman–Crippen MR) is 210 cm³/mol. The summed E-state index contributed by atoms with van der Waals surface area (Å²) in [4.78, 5) is 14.4. The van der Waals surface area contributed by atoms with Crippen molar-refractivity contribution in [2.45, 2.75) is 0 Å². The van der Waals surface area contributed by atoms with Crippen molar-refractivity contribution in [2.24, 2.45) is 0 Å². The molecular weight excluding hydrogens is 641 g/mol. The van der Waals surface area contributed by atoms with Gasteiger partial charge in [0.25, 0.3) is 0 Å². The molecule has 0 fully saturated rings. The first-order chi connectivity index (χ1) is 25.2.